The third kappa shape index (κ3) is 3.82. The lowest BCUT2D eigenvalue weighted by Gasteiger charge is -2.17. The number of methoxy groups -OCH3 is 2. The number of hydrogen-bond acceptors (Lipinski definition) is 6. The van der Waals surface area contributed by atoms with E-state index in [-0.39, 0.29) is 29.1 Å². The number of amides is 1. The quantitative estimate of drug-likeness (QED) is 0.504. The van der Waals surface area contributed by atoms with E-state index in [1.54, 1.807) is 22.9 Å². The Kier molecular flexibility index (Phi) is 5.38. The highest BCUT2D eigenvalue weighted by Crippen LogP contribution is 2.49. The largest absolute Gasteiger partial charge is 0.496 e. The molecule has 0 saturated heterocycles. The van der Waals surface area contributed by atoms with Crippen LogP contribution in [0, 0.1) is 0 Å². The fourth-order valence-electron chi connectivity index (χ4n) is 4.22. The lowest BCUT2D eigenvalue weighted by molar-refractivity contribution is -0.143. The maximum Gasteiger partial charge on any atom is 0.387 e. The molecule has 1 aromatic carbocycles. The Labute approximate surface area is 193 Å². The third-order valence-electron chi connectivity index (χ3n) is 6.33. The summed E-state index contributed by atoms with van der Waals surface area (Å²) in [6.45, 7) is -3.12. The normalized spacial score (nSPS) is 16.4. The van der Waals surface area contributed by atoms with Gasteiger partial charge >= 0.3 is 12.6 Å². The van der Waals surface area contributed by atoms with Gasteiger partial charge in [-0.2, -0.15) is 8.78 Å². The van der Waals surface area contributed by atoms with Crippen molar-refractivity contribution in [3.63, 3.8) is 0 Å². The van der Waals surface area contributed by atoms with Crippen LogP contribution in [0.3, 0.4) is 0 Å². The van der Waals surface area contributed by atoms with Gasteiger partial charge in [-0.1, -0.05) is 0 Å². The second kappa shape index (κ2) is 8.27. The Morgan fingerprint density at radius 1 is 1.18 bits per heavy atom. The molecule has 0 spiro atoms. The Balaban J connectivity index is 1.57. The molecule has 0 aliphatic heterocycles. The highest BCUT2D eigenvalue weighted by molar-refractivity contribution is 6.01. The van der Waals surface area contributed by atoms with E-state index in [9.17, 15) is 18.4 Å². The van der Waals surface area contributed by atoms with Crippen molar-refractivity contribution in [1.82, 2.24) is 14.7 Å². The number of fused-ring (bicyclic) bond motifs is 1. The number of esters is 1. The van der Waals surface area contributed by atoms with E-state index in [1.165, 1.54) is 20.3 Å². The maximum absolute atomic E-state index is 13.2. The fraction of sp³-hybridized carbons (Fsp3) is 0.375. The molecular weight excluding hydrogens is 448 g/mol. The van der Waals surface area contributed by atoms with Gasteiger partial charge in [-0.15, -0.1) is 0 Å². The second-order valence-electron chi connectivity index (χ2n) is 8.54. The molecule has 5 rings (SSSR count). The van der Waals surface area contributed by atoms with E-state index >= 15 is 0 Å². The molecule has 1 N–H and O–H groups in total. The minimum absolute atomic E-state index is 0.0315. The van der Waals surface area contributed by atoms with Gasteiger partial charge < -0.3 is 19.5 Å². The molecule has 10 heteroatoms. The monoisotopic (exact) mass is 471 g/mol. The number of pyridine rings is 1. The summed E-state index contributed by atoms with van der Waals surface area (Å²) in [6.07, 6.45) is 6.46. The molecule has 0 atom stereocenters. The van der Waals surface area contributed by atoms with Crippen molar-refractivity contribution in [1.29, 1.82) is 0 Å². The molecule has 8 nitrogen and oxygen atoms in total. The summed E-state index contributed by atoms with van der Waals surface area (Å²) in [5.41, 5.74) is 1.73. The molecule has 2 heterocycles. The Morgan fingerprint density at radius 2 is 1.91 bits per heavy atom. The Morgan fingerprint density at radius 3 is 2.53 bits per heavy atom. The van der Waals surface area contributed by atoms with Crippen LogP contribution in [0.25, 0.3) is 16.9 Å². The van der Waals surface area contributed by atoms with Gasteiger partial charge in [0.1, 0.15) is 22.7 Å². The Hall–Kier alpha value is -3.69. The van der Waals surface area contributed by atoms with Crippen LogP contribution in [0.1, 0.15) is 41.6 Å². The van der Waals surface area contributed by atoms with Gasteiger partial charge in [-0.25, -0.2) is 4.98 Å². The maximum atomic E-state index is 13.2. The van der Waals surface area contributed by atoms with Crippen molar-refractivity contribution in [2.24, 2.45) is 0 Å². The van der Waals surface area contributed by atoms with Gasteiger partial charge in [0.25, 0.3) is 5.91 Å². The highest BCUT2D eigenvalue weighted by Gasteiger charge is 2.52. The first-order valence-corrected chi connectivity index (χ1v) is 10.9. The zero-order chi connectivity index (χ0) is 24.0. The molecule has 0 radical (unpaired) electrons. The first kappa shape index (κ1) is 22.1. The van der Waals surface area contributed by atoms with Gasteiger partial charge in [0, 0.05) is 17.8 Å². The smallest absolute Gasteiger partial charge is 0.387 e. The van der Waals surface area contributed by atoms with Crippen LogP contribution in [0.5, 0.6) is 11.5 Å². The predicted octanol–water partition coefficient (Wildman–Crippen LogP) is 3.71. The number of carbonyl (C=O) groups excluding carboxylic acids is 2. The summed E-state index contributed by atoms with van der Waals surface area (Å²) >= 11 is 0. The van der Waals surface area contributed by atoms with E-state index in [4.69, 9.17) is 14.2 Å². The van der Waals surface area contributed by atoms with E-state index in [2.05, 4.69) is 10.3 Å². The van der Waals surface area contributed by atoms with Gasteiger partial charge in [0.05, 0.1) is 31.5 Å². The van der Waals surface area contributed by atoms with Crippen LogP contribution in [-0.2, 0) is 14.9 Å². The van der Waals surface area contributed by atoms with Crippen molar-refractivity contribution in [3.05, 3.63) is 47.8 Å². The number of carbonyl (C=O) groups is 2. The minimum Gasteiger partial charge on any atom is -0.496 e. The van der Waals surface area contributed by atoms with Crippen LogP contribution in [-0.4, -0.2) is 48.1 Å². The molecule has 2 aromatic heterocycles. The highest BCUT2D eigenvalue weighted by atomic mass is 19.3. The van der Waals surface area contributed by atoms with E-state index in [0.717, 1.165) is 18.4 Å². The number of nitrogens with one attached hydrogen (secondary N) is 1. The fourth-order valence-corrected chi connectivity index (χ4v) is 4.22. The number of benzene rings is 1. The van der Waals surface area contributed by atoms with Crippen molar-refractivity contribution >= 4 is 17.5 Å². The third-order valence-corrected chi connectivity index (χ3v) is 6.33. The summed E-state index contributed by atoms with van der Waals surface area (Å²) in [4.78, 5) is 29.4. The summed E-state index contributed by atoms with van der Waals surface area (Å²) in [6, 6.07) is 6.65. The van der Waals surface area contributed by atoms with E-state index < -0.39 is 17.9 Å². The second-order valence-corrected chi connectivity index (χ2v) is 8.54. The van der Waals surface area contributed by atoms with Crippen molar-refractivity contribution < 1.29 is 32.6 Å². The topological polar surface area (TPSA) is 91.2 Å². The molecule has 2 aliphatic rings. The van der Waals surface area contributed by atoms with Crippen molar-refractivity contribution in [2.75, 3.05) is 14.2 Å². The van der Waals surface area contributed by atoms with E-state index in [1.807, 2.05) is 12.1 Å². The summed E-state index contributed by atoms with van der Waals surface area (Å²) < 4.78 is 43.2. The van der Waals surface area contributed by atoms with Crippen LogP contribution >= 0.6 is 0 Å². The molecule has 1 amide bonds. The van der Waals surface area contributed by atoms with Crippen LogP contribution in [0.4, 0.5) is 8.78 Å². The first-order valence-electron chi connectivity index (χ1n) is 10.9. The number of hydrogen-bond donors (Lipinski definition) is 1. The summed E-state index contributed by atoms with van der Waals surface area (Å²) in [7, 11) is 2.73. The van der Waals surface area contributed by atoms with Crippen molar-refractivity contribution in [2.45, 2.75) is 43.8 Å². The average molecular weight is 471 g/mol. The zero-order valence-electron chi connectivity index (χ0n) is 18.6. The Bertz CT molecular complexity index is 1280. The molecule has 0 bridgehead atoms. The predicted molar refractivity (Wildman–Crippen MR) is 117 cm³/mol. The summed E-state index contributed by atoms with van der Waals surface area (Å²) in [5.74, 6) is -0.971. The van der Waals surface area contributed by atoms with Gasteiger partial charge in [-0.05, 0) is 55.5 Å². The van der Waals surface area contributed by atoms with Gasteiger partial charge in [0.15, 0.2) is 0 Å². The summed E-state index contributed by atoms with van der Waals surface area (Å²) in [5, 5.41) is 2.78. The number of imidazole rings is 1. The SMILES string of the molecule is COC(=O)C1(c2ccn3c(-c4cc(OC)c(C(=O)NC5CC5)c(OC(F)F)c4)cnc3c2)CC1. The molecule has 34 heavy (non-hydrogen) atoms. The van der Waals surface area contributed by atoms with Crippen LogP contribution < -0.4 is 14.8 Å². The molecule has 2 fully saturated rings. The number of ether oxygens (including phenoxy) is 3. The van der Waals surface area contributed by atoms with Gasteiger partial charge in [-0.3, -0.25) is 14.0 Å². The number of rotatable bonds is 8. The molecule has 2 aliphatic carbocycles. The number of alkyl halides is 2. The average Bonchev–Trinajstić information content (AvgIpc) is 3.75. The standard InChI is InChI=1S/C24H23F2N3O5/c1-32-17-9-13(10-18(34-23(25)26)20(17)21(30)28-15-3-4-15)16-12-27-19-11-14(5-8-29(16)19)24(6-7-24)22(31)33-2/h5,8-12,15,23H,3-4,6-7H2,1-2H3,(H,28,30). The lowest BCUT2D eigenvalue weighted by Crippen LogP contribution is -2.26. The van der Waals surface area contributed by atoms with Crippen molar-refractivity contribution in [3.8, 4) is 22.8 Å². The number of nitrogens with zero attached hydrogens (tertiary/aromatic N) is 2. The molecule has 0 unspecified atom stereocenters. The zero-order valence-corrected chi connectivity index (χ0v) is 18.6. The van der Waals surface area contributed by atoms with E-state index in [0.29, 0.717) is 29.7 Å². The van der Waals surface area contributed by atoms with Crippen LogP contribution in [0.2, 0.25) is 0 Å². The van der Waals surface area contributed by atoms with Gasteiger partial charge in [0.2, 0.25) is 0 Å². The number of halogens is 2. The number of aromatic nitrogens is 2. The molecule has 3 aromatic rings. The lowest BCUT2D eigenvalue weighted by atomic mass is 9.97. The molecule has 178 valence electrons. The molecular formula is C24H23F2N3O5. The van der Waals surface area contributed by atoms with Crippen LogP contribution in [0.15, 0.2) is 36.7 Å². The molecule has 2 saturated carbocycles. The minimum atomic E-state index is -3.12. The first-order chi connectivity index (χ1) is 16.4.